The predicted octanol–water partition coefficient (Wildman–Crippen LogP) is 2.04. The van der Waals surface area contributed by atoms with Gasteiger partial charge in [0, 0.05) is 5.69 Å². The van der Waals surface area contributed by atoms with Crippen LogP contribution in [0.2, 0.25) is 0 Å². The number of anilines is 1. The Bertz CT molecular complexity index is 612. The molecule has 1 aliphatic rings. The number of imide groups is 1. The number of nitrogens with zero attached hydrogens (tertiary/aromatic N) is 1. The lowest BCUT2D eigenvalue weighted by Crippen LogP contribution is -2.47. The van der Waals surface area contributed by atoms with Crippen LogP contribution >= 0.6 is 0 Å². The Labute approximate surface area is 129 Å². The van der Waals surface area contributed by atoms with Gasteiger partial charge in [-0.1, -0.05) is 24.6 Å². The van der Waals surface area contributed by atoms with Crippen molar-refractivity contribution in [1.29, 1.82) is 0 Å². The zero-order valence-electron chi connectivity index (χ0n) is 13.3. The number of hydrogen-bond donors (Lipinski definition) is 2. The Kier molecular flexibility index (Phi) is 4.21. The summed E-state index contributed by atoms with van der Waals surface area (Å²) < 4.78 is 0. The number of carbonyl (C=O) groups is 3. The van der Waals surface area contributed by atoms with Crippen molar-refractivity contribution in [3.63, 3.8) is 0 Å². The molecule has 1 saturated heterocycles. The maximum absolute atomic E-state index is 12.4. The smallest absolute Gasteiger partial charge is 0.324 e. The highest BCUT2D eigenvalue weighted by molar-refractivity contribution is 6.10. The van der Waals surface area contributed by atoms with Gasteiger partial charge >= 0.3 is 6.03 Å². The molecular weight excluding hydrogens is 282 g/mol. The van der Waals surface area contributed by atoms with E-state index in [0.717, 1.165) is 10.5 Å². The Hall–Kier alpha value is -2.37. The third-order valence-electron chi connectivity index (χ3n) is 4.09. The Balaban J connectivity index is 2.12. The number of benzene rings is 1. The van der Waals surface area contributed by atoms with Crippen LogP contribution in [-0.4, -0.2) is 34.3 Å². The summed E-state index contributed by atoms with van der Waals surface area (Å²) in [7, 11) is 0. The first-order valence-corrected chi connectivity index (χ1v) is 7.32. The molecule has 1 aromatic rings. The van der Waals surface area contributed by atoms with E-state index < -0.39 is 23.5 Å². The van der Waals surface area contributed by atoms with Gasteiger partial charge in [0.1, 0.15) is 11.6 Å². The molecule has 22 heavy (non-hydrogen) atoms. The maximum Gasteiger partial charge on any atom is 0.325 e. The van der Waals surface area contributed by atoms with Gasteiger partial charge in [-0.15, -0.1) is 0 Å². The SMILES string of the molecule is CC[C@]1(C)NC(=O)N([C@@H](C)C(=O)Nc2ccc(C)cc2)C1=O. The molecule has 4 amide bonds. The maximum atomic E-state index is 12.4. The van der Waals surface area contributed by atoms with Gasteiger partial charge in [-0.05, 0) is 39.3 Å². The second kappa shape index (κ2) is 5.79. The number of urea groups is 1. The standard InChI is InChI=1S/C16H21N3O3/c1-5-16(4)14(21)19(15(22)18-16)11(3)13(20)17-12-8-6-10(2)7-9-12/h6-9,11H,5H2,1-4H3,(H,17,20)(H,18,22)/t11-,16-/m0/s1. The molecule has 2 rings (SSSR count). The van der Waals surface area contributed by atoms with Gasteiger partial charge in [0.15, 0.2) is 0 Å². The highest BCUT2D eigenvalue weighted by Crippen LogP contribution is 2.23. The zero-order chi connectivity index (χ0) is 16.5. The van der Waals surface area contributed by atoms with Crippen LogP contribution in [0.3, 0.4) is 0 Å². The minimum absolute atomic E-state index is 0.369. The van der Waals surface area contributed by atoms with Crippen LogP contribution in [0.25, 0.3) is 0 Å². The lowest BCUT2D eigenvalue weighted by atomic mass is 9.99. The highest BCUT2D eigenvalue weighted by atomic mass is 16.2. The molecule has 2 atom stereocenters. The van der Waals surface area contributed by atoms with Crippen molar-refractivity contribution in [2.45, 2.75) is 45.7 Å². The molecule has 0 aromatic heterocycles. The van der Waals surface area contributed by atoms with Crippen molar-refractivity contribution >= 4 is 23.5 Å². The van der Waals surface area contributed by atoms with Crippen molar-refractivity contribution in [1.82, 2.24) is 10.2 Å². The first-order chi connectivity index (χ1) is 10.3. The normalized spacial score (nSPS) is 22.5. The van der Waals surface area contributed by atoms with Crippen molar-refractivity contribution in [3.05, 3.63) is 29.8 Å². The van der Waals surface area contributed by atoms with E-state index in [1.807, 2.05) is 26.0 Å². The van der Waals surface area contributed by atoms with Gasteiger partial charge in [-0.25, -0.2) is 9.69 Å². The fourth-order valence-electron chi connectivity index (χ4n) is 2.30. The number of amides is 4. The molecule has 6 heteroatoms. The Morgan fingerprint density at radius 3 is 2.41 bits per heavy atom. The van der Waals surface area contributed by atoms with Crippen LogP contribution in [0.1, 0.15) is 32.8 Å². The summed E-state index contributed by atoms with van der Waals surface area (Å²) in [5.41, 5.74) is 0.779. The number of hydrogen-bond acceptors (Lipinski definition) is 3. The van der Waals surface area contributed by atoms with E-state index in [9.17, 15) is 14.4 Å². The minimum atomic E-state index is -0.935. The topological polar surface area (TPSA) is 78.5 Å². The van der Waals surface area contributed by atoms with Crippen LogP contribution in [0.15, 0.2) is 24.3 Å². The molecular formula is C16H21N3O3. The molecule has 0 aliphatic carbocycles. The molecule has 0 spiro atoms. The molecule has 0 unspecified atom stereocenters. The van der Waals surface area contributed by atoms with Crippen molar-refractivity contribution in [3.8, 4) is 0 Å². The quantitative estimate of drug-likeness (QED) is 0.836. The molecule has 0 bridgehead atoms. The first kappa shape index (κ1) is 16.0. The number of carbonyl (C=O) groups excluding carboxylic acids is 3. The average Bonchev–Trinajstić information content (AvgIpc) is 2.71. The van der Waals surface area contributed by atoms with E-state index in [1.165, 1.54) is 0 Å². The van der Waals surface area contributed by atoms with E-state index in [0.29, 0.717) is 12.1 Å². The van der Waals surface area contributed by atoms with Crippen molar-refractivity contribution in [2.75, 3.05) is 5.32 Å². The molecule has 118 valence electrons. The molecule has 2 N–H and O–H groups in total. The van der Waals surface area contributed by atoms with E-state index in [2.05, 4.69) is 10.6 Å². The predicted molar refractivity (Wildman–Crippen MR) is 83.3 cm³/mol. The fourth-order valence-corrected chi connectivity index (χ4v) is 2.30. The van der Waals surface area contributed by atoms with Gasteiger partial charge < -0.3 is 10.6 Å². The van der Waals surface area contributed by atoms with Crippen molar-refractivity contribution in [2.24, 2.45) is 0 Å². The van der Waals surface area contributed by atoms with Crippen LogP contribution in [0, 0.1) is 6.92 Å². The zero-order valence-corrected chi connectivity index (χ0v) is 13.3. The van der Waals surface area contributed by atoms with Crippen LogP contribution in [0.5, 0.6) is 0 Å². The average molecular weight is 303 g/mol. The second-order valence-corrected chi connectivity index (χ2v) is 5.82. The largest absolute Gasteiger partial charge is 0.325 e. The van der Waals surface area contributed by atoms with Gasteiger partial charge in [0.05, 0.1) is 0 Å². The molecule has 1 fully saturated rings. The van der Waals surface area contributed by atoms with Gasteiger partial charge in [-0.2, -0.15) is 0 Å². The lowest BCUT2D eigenvalue weighted by Gasteiger charge is -2.23. The van der Waals surface area contributed by atoms with E-state index in [4.69, 9.17) is 0 Å². The van der Waals surface area contributed by atoms with Gasteiger partial charge in [0.25, 0.3) is 5.91 Å². The summed E-state index contributed by atoms with van der Waals surface area (Å²) in [6.07, 6.45) is 0.473. The molecule has 1 heterocycles. The summed E-state index contributed by atoms with van der Waals surface area (Å²) in [5, 5.41) is 5.36. The van der Waals surface area contributed by atoms with E-state index >= 15 is 0 Å². The molecule has 1 aliphatic heterocycles. The summed E-state index contributed by atoms with van der Waals surface area (Å²) in [6, 6.07) is 5.91. The highest BCUT2D eigenvalue weighted by Gasteiger charge is 2.49. The van der Waals surface area contributed by atoms with Crippen molar-refractivity contribution < 1.29 is 14.4 Å². The van der Waals surface area contributed by atoms with Crippen LogP contribution < -0.4 is 10.6 Å². The molecule has 1 aromatic carbocycles. The monoisotopic (exact) mass is 303 g/mol. The Morgan fingerprint density at radius 1 is 1.32 bits per heavy atom. The summed E-state index contributed by atoms with van der Waals surface area (Å²) in [5.74, 6) is -0.765. The van der Waals surface area contributed by atoms with E-state index in [1.54, 1.807) is 26.0 Å². The summed E-state index contributed by atoms with van der Waals surface area (Å²) in [6.45, 7) is 6.98. The number of aryl methyl sites for hydroxylation is 1. The van der Waals surface area contributed by atoms with E-state index in [-0.39, 0.29) is 5.91 Å². The van der Waals surface area contributed by atoms with Crippen LogP contribution in [-0.2, 0) is 9.59 Å². The molecule has 6 nitrogen and oxygen atoms in total. The van der Waals surface area contributed by atoms with Gasteiger partial charge in [-0.3, -0.25) is 9.59 Å². The summed E-state index contributed by atoms with van der Waals surface area (Å²) >= 11 is 0. The fraction of sp³-hybridized carbons (Fsp3) is 0.438. The second-order valence-electron chi connectivity index (χ2n) is 5.82. The molecule has 0 saturated carbocycles. The first-order valence-electron chi connectivity index (χ1n) is 7.32. The molecule has 0 radical (unpaired) electrons. The number of nitrogens with one attached hydrogen (secondary N) is 2. The third kappa shape index (κ3) is 2.81. The lowest BCUT2D eigenvalue weighted by molar-refractivity contribution is -0.136. The van der Waals surface area contributed by atoms with Crippen LogP contribution in [0.4, 0.5) is 10.5 Å². The van der Waals surface area contributed by atoms with Gasteiger partial charge in [0.2, 0.25) is 5.91 Å². The number of rotatable bonds is 4. The Morgan fingerprint density at radius 2 is 1.91 bits per heavy atom. The summed E-state index contributed by atoms with van der Waals surface area (Å²) in [4.78, 5) is 37.7. The minimum Gasteiger partial charge on any atom is -0.324 e. The third-order valence-corrected chi connectivity index (χ3v) is 4.09.